The van der Waals surface area contributed by atoms with E-state index in [0.29, 0.717) is 24.3 Å². The zero-order valence-corrected chi connectivity index (χ0v) is 19.4. The van der Waals surface area contributed by atoms with Crippen LogP contribution < -0.4 is 9.80 Å². The monoisotopic (exact) mass is 479 g/mol. The third-order valence-electron chi connectivity index (χ3n) is 6.53. The van der Waals surface area contributed by atoms with Gasteiger partial charge in [-0.15, -0.1) is 0 Å². The van der Waals surface area contributed by atoms with Crippen molar-refractivity contribution in [1.29, 1.82) is 0 Å². The minimum atomic E-state index is -0.580. The summed E-state index contributed by atoms with van der Waals surface area (Å²) in [5, 5.41) is 1.68. The molecule has 0 unspecified atom stereocenters. The fraction of sp³-hybridized carbons (Fsp3) is 0.321. The molecule has 0 amide bonds. The van der Waals surface area contributed by atoms with E-state index in [0.717, 1.165) is 24.2 Å². The van der Waals surface area contributed by atoms with Crippen LogP contribution in [0.5, 0.6) is 5.75 Å². The number of nitrogens with zero attached hydrogens (tertiary/aromatic N) is 1. The molecule has 5 rings (SSSR count). The summed E-state index contributed by atoms with van der Waals surface area (Å²) in [4.78, 5) is 19.6. The molecule has 2 aliphatic rings. The number of carbonyl (C=O) groups excluding carboxylic acids is 1. The first kappa shape index (κ1) is 23.3. The fourth-order valence-electron chi connectivity index (χ4n) is 4.70. The minimum Gasteiger partial charge on any atom is -0.494 e. The first-order chi connectivity index (χ1) is 17.0. The van der Waals surface area contributed by atoms with Crippen molar-refractivity contribution in [2.75, 3.05) is 11.7 Å². The number of ether oxygens (including phenoxy) is 2. The molecule has 3 aromatic carbocycles. The third-order valence-corrected chi connectivity index (χ3v) is 6.53. The Morgan fingerprint density at radius 2 is 1.54 bits per heavy atom. The number of halogens is 2. The topological polar surface area (TPSA) is 48.0 Å². The van der Waals surface area contributed by atoms with E-state index < -0.39 is 24.2 Å². The lowest BCUT2D eigenvalue weighted by atomic mass is 9.84. The first-order valence-electron chi connectivity index (χ1n) is 11.9. The fourth-order valence-corrected chi connectivity index (χ4v) is 4.70. The zero-order valence-electron chi connectivity index (χ0n) is 19.4. The average Bonchev–Trinajstić information content (AvgIpc) is 3.26. The Morgan fingerprint density at radius 3 is 2.20 bits per heavy atom. The highest BCUT2D eigenvalue weighted by atomic mass is 19.1. The quantitative estimate of drug-likeness (QED) is 0.294. The Hall–Kier alpha value is -3.45. The molecule has 0 spiro atoms. The molecule has 0 bridgehead atoms. The molecule has 2 fully saturated rings. The second kappa shape index (κ2) is 10.0. The number of rotatable bonds is 7. The van der Waals surface area contributed by atoms with Gasteiger partial charge < -0.3 is 9.47 Å². The molecule has 0 radical (unpaired) electrons. The second-order valence-corrected chi connectivity index (χ2v) is 8.90. The summed E-state index contributed by atoms with van der Waals surface area (Å²) in [7, 11) is 0. The number of carbonyl (C=O) groups is 1. The maximum absolute atomic E-state index is 13.6. The zero-order chi connectivity index (χ0) is 24.4. The summed E-state index contributed by atoms with van der Waals surface area (Å²) in [6.07, 6.45) is 1.46. The summed E-state index contributed by atoms with van der Waals surface area (Å²) in [5.41, 5.74) is 2.22. The summed E-state index contributed by atoms with van der Waals surface area (Å²) in [6.45, 7) is 2.75. The number of benzene rings is 3. The molecule has 35 heavy (non-hydrogen) atoms. The van der Waals surface area contributed by atoms with E-state index in [4.69, 9.17) is 14.3 Å². The second-order valence-electron chi connectivity index (χ2n) is 8.90. The van der Waals surface area contributed by atoms with Gasteiger partial charge in [0.05, 0.1) is 18.3 Å². The highest BCUT2D eigenvalue weighted by molar-refractivity contribution is 5.77. The molecular weight excluding hydrogens is 452 g/mol. The van der Waals surface area contributed by atoms with E-state index in [2.05, 4.69) is 6.92 Å². The number of fused-ring (bicyclic) bond motifs is 1. The Morgan fingerprint density at radius 1 is 0.914 bits per heavy atom. The van der Waals surface area contributed by atoms with Crippen molar-refractivity contribution in [3.05, 3.63) is 95.6 Å². The Bertz CT molecular complexity index is 1150. The largest absolute Gasteiger partial charge is 0.494 e. The predicted molar refractivity (Wildman–Crippen MR) is 127 cm³/mol. The number of unbranched alkanes of at least 4 members (excludes halogenated alkanes) is 1. The standard InChI is InChI=1S/C28H27F2NO4/c1-2-3-16-33-23-14-6-19(7-15-23)27-26-25(35-31(27)22-12-10-21(30)11-13-22)17-24(34-28(26)32)18-4-8-20(29)9-5-18/h4-15,24-27H,2-3,16-17H2,1H3/t24-,25-,26+,27+/m0/s1. The summed E-state index contributed by atoms with van der Waals surface area (Å²) < 4.78 is 38.6. The normalized spacial score (nSPS) is 23.6. The molecule has 3 aromatic rings. The Kier molecular flexibility index (Phi) is 6.68. The molecular formula is C28H27F2NO4. The van der Waals surface area contributed by atoms with Crippen LogP contribution in [0.1, 0.15) is 49.5 Å². The summed E-state index contributed by atoms with van der Waals surface area (Å²) in [6, 6.07) is 19.1. The van der Waals surface area contributed by atoms with Gasteiger partial charge in [-0.05, 0) is 66.1 Å². The highest BCUT2D eigenvalue weighted by Crippen LogP contribution is 2.48. The van der Waals surface area contributed by atoms with E-state index in [1.165, 1.54) is 24.3 Å². The molecule has 2 heterocycles. The van der Waals surface area contributed by atoms with Crippen LogP contribution in [0.15, 0.2) is 72.8 Å². The number of hydrogen-bond donors (Lipinski definition) is 0. The van der Waals surface area contributed by atoms with Crippen LogP contribution in [0.2, 0.25) is 0 Å². The molecule has 2 saturated heterocycles. The van der Waals surface area contributed by atoms with Crippen LogP contribution >= 0.6 is 0 Å². The molecule has 4 atom stereocenters. The van der Waals surface area contributed by atoms with Gasteiger partial charge in [-0.25, -0.2) is 13.8 Å². The Labute approximate surface area is 203 Å². The van der Waals surface area contributed by atoms with Crippen LogP contribution in [-0.2, 0) is 14.4 Å². The lowest BCUT2D eigenvalue weighted by molar-refractivity contribution is -0.167. The van der Waals surface area contributed by atoms with Crippen molar-refractivity contribution in [3.8, 4) is 5.75 Å². The van der Waals surface area contributed by atoms with Crippen molar-refractivity contribution in [2.45, 2.75) is 44.4 Å². The van der Waals surface area contributed by atoms with Crippen LogP contribution in [-0.4, -0.2) is 18.7 Å². The number of hydrogen-bond acceptors (Lipinski definition) is 5. The molecule has 182 valence electrons. The molecule has 0 aliphatic carbocycles. The lowest BCUT2D eigenvalue weighted by Crippen LogP contribution is -2.37. The van der Waals surface area contributed by atoms with E-state index >= 15 is 0 Å². The van der Waals surface area contributed by atoms with Crippen molar-refractivity contribution in [3.63, 3.8) is 0 Å². The van der Waals surface area contributed by atoms with Gasteiger partial charge in [0.1, 0.15) is 35.5 Å². The van der Waals surface area contributed by atoms with Gasteiger partial charge in [-0.1, -0.05) is 37.6 Å². The number of cyclic esters (lactones) is 1. The summed E-state index contributed by atoms with van der Waals surface area (Å²) >= 11 is 0. The lowest BCUT2D eigenvalue weighted by Gasteiger charge is -2.31. The van der Waals surface area contributed by atoms with Gasteiger partial charge in [0.25, 0.3) is 0 Å². The maximum atomic E-state index is 13.6. The van der Waals surface area contributed by atoms with Crippen molar-refractivity contribution < 1.29 is 27.9 Å². The number of hydroxylamine groups is 1. The van der Waals surface area contributed by atoms with Gasteiger partial charge in [0.15, 0.2) is 0 Å². The van der Waals surface area contributed by atoms with E-state index in [-0.39, 0.29) is 17.6 Å². The SMILES string of the molecule is CCCCOc1ccc([C@@H]2[C@@H]3C(=O)O[C@H](c4ccc(F)cc4)C[C@@H]3ON2c2ccc(F)cc2)cc1. The third kappa shape index (κ3) is 4.86. The van der Waals surface area contributed by atoms with Gasteiger partial charge >= 0.3 is 5.97 Å². The van der Waals surface area contributed by atoms with E-state index in [1.807, 2.05) is 24.3 Å². The van der Waals surface area contributed by atoms with Crippen LogP contribution in [0.3, 0.4) is 0 Å². The molecule has 7 heteroatoms. The highest BCUT2D eigenvalue weighted by Gasteiger charge is 2.53. The average molecular weight is 480 g/mol. The molecule has 0 saturated carbocycles. The smallest absolute Gasteiger partial charge is 0.314 e. The van der Waals surface area contributed by atoms with Gasteiger partial charge in [-0.3, -0.25) is 9.63 Å². The van der Waals surface area contributed by atoms with Crippen LogP contribution in [0, 0.1) is 17.6 Å². The van der Waals surface area contributed by atoms with Gasteiger partial charge in [-0.2, -0.15) is 0 Å². The Balaban J connectivity index is 1.44. The van der Waals surface area contributed by atoms with Crippen LogP contribution in [0.4, 0.5) is 14.5 Å². The van der Waals surface area contributed by atoms with Crippen LogP contribution in [0.25, 0.3) is 0 Å². The van der Waals surface area contributed by atoms with Crippen molar-refractivity contribution >= 4 is 11.7 Å². The summed E-state index contributed by atoms with van der Waals surface area (Å²) in [5.74, 6) is -0.910. The van der Waals surface area contributed by atoms with E-state index in [1.54, 1.807) is 29.3 Å². The number of esters is 1. The molecule has 0 N–H and O–H groups in total. The molecule has 2 aliphatic heterocycles. The van der Waals surface area contributed by atoms with Gasteiger partial charge in [0, 0.05) is 6.42 Å². The number of anilines is 1. The van der Waals surface area contributed by atoms with Crippen molar-refractivity contribution in [1.82, 2.24) is 0 Å². The predicted octanol–water partition coefficient (Wildman–Crippen LogP) is 6.31. The molecule has 0 aromatic heterocycles. The minimum absolute atomic E-state index is 0.351. The first-order valence-corrected chi connectivity index (χ1v) is 11.9. The molecule has 5 nitrogen and oxygen atoms in total. The van der Waals surface area contributed by atoms with E-state index in [9.17, 15) is 13.6 Å². The van der Waals surface area contributed by atoms with Crippen molar-refractivity contribution in [2.24, 2.45) is 5.92 Å². The maximum Gasteiger partial charge on any atom is 0.314 e. The van der Waals surface area contributed by atoms with Gasteiger partial charge in [0.2, 0.25) is 0 Å².